The van der Waals surface area contributed by atoms with E-state index in [4.69, 9.17) is 4.74 Å². The maximum Gasteiger partial charge on any atom is 0.143 e. The Morgan fingerprint density at radius 3 is 2.38 bits per heavy atom. The number of hydrogen-bond acceptors (Lipinski definition) is 2. The van der Waals surface area contributed by atoms with E-state index >= 15 is 0 Å². The molecule has 0 N–H and O–H groups in total. The molecule has 0 spiro atoms. The number of hydrogen-bond donors (Lipinski definition) is 0. The van der Waals surface area contributed by atoms with Gasteiger partial charge in [0.2, 0.25) is 0 Å². The van der Waals surface area contributed by atoms with Crippen molar-refractivity contribution in [3.05, 3.63) is 59.4 Å². The Balaban J connectivity index is 0.00000208. The van der Waals surface area contributed by atoms with Crippen LogP contribution in [0.3, 0.4) is 0 Å². The number of halogens is 1. The van der Waals surface area contributed by atoms with Gasteiger partial charge < -0.3 is 4.74 Å². The highest BCUT2D eigenvalue weighted by molar-refractivity contribution is 5.85. The first-order valence-corrected chi connectivity index (χ1v) is 8.87. The summed E-state index contributed by atoms with van der Waals surface area (Å²) in [5.41, 5.74) is 3.94. The van der Waals surface area contributed by atoms with Crippen molar-refractivity contribution >= 4 is 12.4 Å². The number of aryl methyl sites for hydroxylation is 1. The van der Waals surface area contributed by atoms with E-state index in [1.54, 1.807) is 7.11 Å². The third-order valence-corrected chi connectivity index (χ3v) is 5.23. The summed E-state index contributed by atoms with van der Waals surface area (Å²) in [5, 5.41) is 0. The van der Waals surface area contributed by atoms with Crippen LogP contribution in [0, 0.1) is 5.92 Å². The molecule has 0 radical (unpaired) electrons. The Labute approximate surface area is 152 Å². The van der Waals surface area contributed by atoms with Crippen molar-refractivity contribution in [1.82, 2.24) is 4.98 Å². The highest BCUT2D eigenvalue weighted by Crippen LogP contribution is 2.38. The SMILES string of the molecule is CCc1nccc(CC2CCC(c3ccccc3)CC2)c1OC.Cl. The molecule has 24 heavy (non-hydrogen) atoms. The summed E-state index contributed by atoms with van der Waals surface area (Å²) >= 11 is 0. The van der Waals surface area contributed by atoms with Crippen molar-refractivity contribution in [1.29, 1.82) is 0 Å². The predicted molar refractivity (Wildman–Crippen MR) is 102 cm³/mol. The van der Waals surface area contributed by atoms with Gasteiger partial charge in [-0.1, -0.05) is 37.3 Å². The molecule has 1 aliphatic carbocycles. The molecule has 0 atom stereocenters. The van der Waals surface area contributed by atoms with Gasteiger partial charge in [-0.15, -0.1) is 12.4 Å². The van der Waals surface area contributed by atoms with Crippen molar-refractivity contribution in [2.45, 2.75) is 51.4 Å². The molecule has 0 bridgehead atoms. The summed E-state index contributed by atoms with van der Waals surface area (Å²) in [6, 6.07) is 13.1. The molecule has 1 saturated carbocycles. The second kappa shape index (κ2) is 9.08. The van der Waals surface area contributed by atoms with Gasteiger partial charge in [0, 0.05) is 6.20 Å². The minimum Gasteiger partial charge on any atom is -0.495 e. The van der Waals surface area contributed by atoms with Crippen LogP contribution in [-0.4, -0.2) is 12.1 Å². The van der Waals surface area contributed by atoms with Crippen LogP contribution in [0.15, 0.2) is 42.6 Å². The van der Waals surface area contributed by atoms with Crippen LogP contribution in [0.25, 0.3) is 0 Å². The standard InChI is InChI=1S/C21H27NO.ClH/c1-3-20-21(23-2)19(13-14-22-20)15-16-9-11-18(12-10-16)17-7-5-4-6-8-17;/h4-8,13-14,16,18H,3,9-12,15H2,1-2H3;1H. The van der Waals surface area contributed by atoms with Crippen molar-refractivity contribution in [3.63, 3.8) is 0 Å². The summed E-state index contributed by atoms with van der Waals surface area (Å²) in [6.45, 7) is 2.14. The van der Waals surface area contributed by atoms with E-state index < -0.39 is 0 Å². The monoisotopic (exact) mass is 345 g/mol. The van der Waals surface area contributed by atoms with Crippen LogP contribution in [0.4, 0.5) is 0 Å². The molecule has 1 aromatic heterocycles. The third kappa shape index (κ3) is 4.30. The van der Waals surface area contributed by atoms with Crippen molar-refractivity contribution < 1.29 is 4.74 Å². The largest absolute Gasteiger partial charge is 0.495 e. The van der Waals surface area contributed by atoms with Gasteiger partial charge in [-0.25, -0.2) is 0 Å². The first-order chi connectivity index (χ1) is 11.3. The highest BCUT2D eigenvalue weighted by Gasteiger charge is 2.23. The van der Waals surface area contributed by atoms with E-state index in [0.29, 0.717) is 0 Å². The molecule has 130 valence electrons. The van der Waals surface area contributed by atoms with E-state index in [1.807, 2.05) is 6.20 Å². The molecule has 1 heterocycles. The fourth-order valence-electron chi connectivity index (χ4n) is 3.93. The Kier molecular flexibility index (Phi) is 7.11. The van der Waals surface area contributed by atoms with Crippen LogP contribution in [0.2, 0.25) is 0 Å². The minimum absolute atomic E-state index is 0. The lowest BCUT2D eigenvalue weighted by atomic mass is 9.76. The number of pyridine rings is 1. The maximum atomic E-state index is 5.64. The lowest BCUT2D eigenvalue weighted by Crippen LogP contribution is -2.16. The topological polar surface area (TPSA) is 22.1 Å². The first kappa shape index (κ1) is 18.8. The molecular weight excluding hydrogens is 318 g/mol. The molecule has 0 saturated heterocycles. The Morgan fingerprint density at radius 2 is 1.75 bits per heavy atom. The summed E-state index contributed by atoms with van der Waals surface area (Å²) in [4.78, 5) is 4.45. The van der Waals surface area contributed by atoms with Crippen molar-refractivity contribution in [2.24, 2.45) is 5.92 Å². The molecular formula is C21H28ClNO. The van der Waals surface area contributed by atoms with Crippen LogP contribution in [-0.2, 0) is 12.8 Å². The fourth-order valence-corrected chi connectivity index (χ4v) is 3.93. The fraction of sp³-hybridized carbons (Fsp3) is 0.476. The number of nitrogens with zero attached hydrogens (tertiary/aromatic N) is 1. The molecule has 0 aliphatic heterocycles. The average molecular weight is 346 g/mol. The number of ether oxygens (including phenoxy) is 1. The van der Waals surface area contributed by atoms with Crippen LogP contribution in [0.1, 0.15) is 55.3 Å². The van der Waals surface area contributed by atoms with Crippen LogP contribution >= 0.6 is 12.4 Å². The van der Waals surface area contributed by atoms with Gasteiger partial charge in [-0.3, -0.25) is 4.98 Å². The number of rotatable bonds is 5. The van der Waals surface area contributed by atoms with E-state index in [-0.39, 0.29) is 12.4 Å². The van der Waals surface area contributed by atoms with Gasteiger partial charge in [-0.05, 0) is 67.6 Å². The molecule has 3 rings (SSSR count). The molecule has 0 unspecified atom stereocenters. The second-order valence-corrected chi connectivity index (χ2v) is 6.64. The summed E-state index contributed by atoms with van der Waals surface area (Å²) in [5.74, 6) is 2.54. The van der Waals surface area contributed by atoms with Gasteiger partial charge in [0.25, 0.3) is 0 Å². The zero-order chi connectivity index (χ0) is 16.1. The number of benzene rings is 1. The third-order valence-electron chi connectivity index (χ3n) is 5.23. The number of methoxy groups -OCH3 is 1. The summed E-state index contributed by atoms with van der Waals surface area (Å²) in [6.07, 6.45) is 9.23. The van der Waals surface area contributed by atoms with Gasteiger partial charge in [-0.2, -0.15) is 0 Å². The molecule has 2 aromatic rings. The van der Waals surface area contributed by atoms with Gasteiger partial charge in [0.15, 0.2) is 0 Å². The second-order valence-electron chi connectivity index (χ2n) is 6.64. The molecule has 3 heteroatoms. The minimum atomic E-state index is 0. The maximum absolute atomic E-state index is 5.64. The van der Waals surface area contributed by atoms with Gasteiger partial charge in [0.1, 0.15) is 5.75 Å². The van der Waals surface area contributed by atoms with Crippen LogP contribution < -0.4 is 4.74 Å². The molecule has 1 aromatic carbocycles. The molecule has 1 aliphatic rings. The normalized spacial score (nSPS) is 20.2. The van der Waals surface area contributed by atoms with E-state index in [1.165, 1.54) is 36.8 Å². The smallest absolute Gasteiger partial charge is 0.143 e. The molecule has 0 amide bonds. The zero-order valence-electron chi connectivity index (χ0n) is 14.7. The molecule has 2 nitrogen and oxygen atoms in total. The highest BCUT2D eigenvalue weighted by atomic mass is 35.5. The zero-order valence-corrected chi connectivity index (χ0v) is 15.5. The molecule has 1 fully saturated rings. The van der Waals surface area contributed by atoms with Crippen molar-refractivity contribution in [3.8, 4) is 5.75 Å². The predicted octanol–water partition coefficient (Wildman–Crippen LogP) is 5.59. The van der Waals surface area contributed by atoms with Crippen LogP contribution in [0.5, 0.6) is 5.75 Å². The average Bonchev–Trinajstić information content (AvgIpc) is 2.63. The number of aromatic nitrogens is 1. The van der Waals surface area contributed by atoms with Gasteiger partial charge >= 0.3 is 0 Å². The summed E-state index contributed by atoms with van der Waals surface area (Å²) < 4.78 is 5.64. The van der Waals surface area contributed by atoms with E-state index in [9.17, 15) is 0 Å². The van der Waals surface area contributed by atoms with Crippen molar-refractivity contribution in [2.75, 3.05) is 7.11 Å². The summed E-state index contributed by atoms with van der Waals surface area (Å²) in [7, 11) is 1.77. The van der Waals surface area contributed by atoms with Gasteiger partial charge in [0.05, 0.1) is 12.8 Å². The quantitative estimate of drug-likeness (QED) is 0.704. The Hall–Kier alpha value is -1.54. The van der Waals surface area contributed by atoms with E-state index in [0.717, 1.165) is 36.1 Å². The lowest BCUT2D eigenvalue weighted by molar-refractivity contribution is 0.319. The lowest BCUT2D eigenvalue weighted by Gasteiger charge is -2.29. The Morgan fingerprint density at radius 1 is 1.04 bits per heavy atom. The first-order valence-electron chi connectivity index (χ1n) is 8.87. The Bertz CT molecular complexity index is 621. The van der Waals surface area contributed by atoms with E-state index in [2.05, 4.69) is 48.3 Å².